The zero-order valence-corrected chi connectivity index (χ0v) is 15.2. The number of amides is 2. The fraction of sp³-hybridized carbons (Fsp3) is 0.278. The van der Waals surface area contributed by atoms with E-state index in [9.17, 15) is 9.59 Å². The molecule has 2 N–H and O–H groups in total. The first kappa shape index (κ1) is 17.9. The molecule has 0 aliphatic carbocycles. The van der Waals surface area contributed by atoms with Gasteiger partial charge in [-0.3, -0.25) is 9.59 Å². The standard InChI is InChI=1S/C18H19N3O4S/c1-11(2)16(18(23)21-19-9-13-4-3-7-26-13)20-17(22)12-5-6-14-15(8-12)25-10-24-14/h3-9,11,16H,10H2,1-2H3,(H,20,22)(H,21,23)/b19-9-/t16-/m0/s1. The zero-order chi connectivity index (χ0) is 18.5. The summed E-state index contributed by atoms with van der Waals surface area (Å²) < 4.78 is 10.5. The van der Waals surface area contributed by atoms with Crippen LogP contribution in [0.1, 0.15) is 29.1 Å². The van der Waals surface area contributed by atoms with E-state index in [1.54, 1.807) is 24.4 Å². The number of carbonyl (C=O) groups excluding carboxylic acids is 2. The average molecular weight is 373 g/mol. The molecule has 2 heterocycles. The summed E-state index contributed by atoms with van der Waals surface area (Å²) in [5, 5.41) is 8.61. The number of nitrogens with zero attached hydrogens (tertiary/aromatic N) is 1. The summed E-state index contributed by atoms with van der Waals surface area (Å²) in [6, 6.07) is 7.98. The van der Waals surface area contributed by atoms with Gasteiger partial charge >= 0.3 is 0 Å². The maximum atomic E-state index is 12.5. The van der Waals surface area contributed by atoms with Crippen LogP contribution < -0.4 is 20.2 Å². The molecule has 0 unspecified atom stereocenters. The first-order valence-electron chi connectivity index (χ1n) is 8.11. The minimum atomic E-state index is -0.714. The number of hydrogen-bond donors (Lipinski definition) is 2. The fourth-order valence-electron chi connectivity index (χ4n) is 2.39. The third-order valence-electron chi connectivity index (χ3n) is 3.78. The molecule has 2 aromatic rings. The lowest BCUT2D eigenvalue weighted by Crippen LogP contribution is -2.48. The summed E-state index contributed by atoms with van der Waals surface area (Å²) in [5.74, 6) is 0.276. The number of thiophene rings is 1. The van der Waals surface area contributed by atoms with Crippen LogP contribution in [0, 0.1) is 5.92 Å². The van der Waals surface area contributed by atoms with E-state index in [1.165, 1.54) is 11.3 Å². The van der Waals surface area contributed by atoms with Crippen molar-refractivity contribution in [3.8, 4) is 11.5 Å². The third kappa shape index (κ3) is 4.20. The van der Waals surface area contributed by atoms with E-state index in [2.05, 4.69) is 15.8 Å². The molecule has 7 nitrogen and oxygen atoms in total. The van der Waals surface area contributed by atoms with Crippen molar-refractivity contribution in [2.75, 3.05) is 6.79 Å². The molecular weight excluding hydrogens is 354 g/mol. The topological polar surface area (TPSA) is 89.0 Å². The summed E-state index contributed by atoms with van der Waals surface area (Å²) in [6.45, 7) is 3.85. The monoisotopic (exact) mass is 373 g/mol. The molecule has 26 heavy (non-hydrogen) atoms. The molecule has 0 spiro atoms. The van der Waals surface area contributed by atoms with Crippen LogP contribution in [-0.4, -0.2) is 30.9 Å². The number of carbonyl (C=O) groups is 2. The van der Waals surface area contributed by atoms with Gasteiger partial charge in [-0.2, -0.15) is 5.10 Å². The number of hydrazone groups is 1. The quantitative estimate of drug-likeness (QED) is 0.601. The second kappa shape index (κ2) is 8.01. The van der Waals surface area contributed by atoms with Gasteiger partial charge in [0.05, 0.1) is 6.21 Å². The molecule has 0 radical (unpaired) electrons. The normalized spacial score (nSPS) is 13.8. The highest BCUT2D eigenvalue weighted by atomic mass is 32.1. The number of fused-ring (bicyclic) bond motifs is 1. The molecule has 0 bridgehead atoms. The summed E-state index contributed by atoms with van der Waals surface area (Å²) in [4.78, 5) is 25.8. The van der Waals surface area contributed by atoms with Crippen LogP contribution in [0.3, 0.4) is 0 Å². The SMILES string of the molecule is CC(C)[C@H](NC(=O)c1ccc2c(c1)OCO2)C(=O)N/N=C\c1cccs1. The third-order valence-corrected chi connectivity index (χ3v) is 4.59. The van der Waals surface area contributed by atoms with Crippen molar-refractivity contribution < 1.29 is 19.1 Å². The van der Waals surface area contributed by atoms with Crippen molar-refractivity contribution in [1.82, 2.24) is 10.7 Å². The molecule has 1 aliphatic rings. The van der Waals surface area contributed by atoms with Gasteiger partial charge in [0.15, 0.2) is 11.5 Å². The highest BCUT2D eigenvalue weighted by Gasteiger charge is 2.25. The van der Waals surface area contributed by atoms with Crippen LogP contribution in [-0.2, 0) is 4.79 Å². The Kier molecular flexibility index (Phi) is 5.52. The molecule has 0 saturated carbocycles. The van der Waals surface area contributed by atoms with E-state index in [1.807, 2.05) is 31.4 Å². The Morgan fingerprint density at radius 3 is 2.77 bits per heavy atom. The molecule has 1 aromatic heterocycles. The second-order valence-corrected chi connectivity index (χ2v) is 6.99. The van der Waals surface area contributed by atoms with Crippen molar-refractivity contribution in [3.05, 3.63) is 46.2 Å². The minimum Gasteiger partial charge on any atom is -0.454 e. The van der Waals surface area contributed by atoms with Crippen LogP contribution in [0.4, 0.5) is 0 Å². The van der Waals surface area contributed by atoms with Gasteiger partial charge in [-0.05, 0) is 35.6 Å². The van der Waals surface area contributed by atoms with Crippen LogP contribution in [0.15, 0.2) is 40.8 Å². The Hall–Kier alpha value is -2.87. The Bertz CT molecular complexity index is 818. The zero-order valence-electron chi connectivity index (χ0n) is 14.4. The van der Waals surface area contributed by atoms with E-state index in [0.717, 1.165) is 4.88 Å². The van der Waals surface area contributed by atoms with E-state index in [4.69, 9.17) is 9.47 Å². The maximum Gasteiger partial charge on any atom is 0.262 e. The molecule has 1 atom stereocenters. The molecular formula is C18H19N3O4S. The van der Waals surface area contributed by atoms with Gasteiger partial charge in [-0.15, -0.1) is 11.3 Å². The lowest BCUT2D eigenvalue weighted by Gasteiger charge is -2.20. The average Bonchev–Trinajstić information content (AvgIpc) is 3.29. The first-order valence-corrected chi connectivity index (χ1v) is 8.99. The van der Waals surface area contributed by atoms with Crippen molar-refractivity contribution in [3.63, 3.8) is 0 Å². The molecule has 0 saturated heterocycles. The van der Waals surface area contributed by atoms with Crippen molar-refractivity contribution in [1.29, 1.82) is 0 Å². The Labute approximate surface area is 155 Å². The largest absolute Gasteiger partial charge is 0.454 e. The number of nitrogens with one attached hydrogen (secondary N) is 2. The number of rotatable bonds is 6. The van der Waals surface area contributed by atoms with Gasteiger partial charge < -0.3 is 14.8 Å². The van der Waals surface area contributed by atoms with Crippen LogP contribution in [0.2, 0.25) is 0 Å². The van der Waals surface area contributed by atoms with Crippen molar-refractivity contribution in [2.24, 2.45) is 11.0 Å². The fourth-order valence-corrected chi connectivity index (χ4v) is 2.98. The highest BCUT2D eigenvalue weighted by molar-refractivity contribution is 7.11. The first-order chi connectivity index (χ1) is 12.5. The number of hydrogen-bond acceptors (Lipinski definition) is 6. The highest BCUT2D eigenvalue weighted by Crippen LogP contribution is 2.32. The van der Waals surface area contributed by atoms with Crippen molar-refractivity contribution in [2.45, 2.75) is 19.9 Å². The second-order valence-electron chi connectivity index (χ2n) is 6.01. The molecule has 1 aromatic carbocycles. The maximum absolute atomic E-state index is 12.5. The van der Waals surface area contributed by atoms with E-state index < -0.39 is 6.04 Å². The van der Waals surface area contributed by atoms with Gasteiger partial charge in [-0.25, -0.2) is 5.43 Å². The summed E-state index contributed by atoms with van der Waals surface area (Å²) in [7, 11) is 0. The summed E-state index contributed by atoms with van der Waals surface area (Å²) in [6.07, 6.45) is 1.57. The molecule has 0 fully saturated rings. The predicted octanol–water partition coefficient (Wildman–Crippen LogP) is 2.38. The van der Waals surface area contributed by atoms with Crippen LogP contribution >= 0.6 is 11.3 Å². The number of benzene rings is 1. The minimum absolute atomic E-state index is 0.107. The smallest absolute Gasteiger partial charge is 0.262 e. The van der Waals surface area contributed by atoms with Gasteiger partial charge in [-0.1, -0.05) is 19.9 Å². The van der Waals surface area contributed by atoms with Gasteiger partial charge in [0.2, 0.25) is 6.79 Å². The van der Waals surface area contributed by atoms with Gasteiger partial charge in [0.1, 0.15) is 6.04 Å². The Balaban J connectivity index is 1.64. The van der Waals surface area contributed by atoms with E-state index >= 15 is 0 Å². The van der Waals surface area contributed by atoms with E-state index in [0.29, 0.717) is 17.1 Å². The van der Waals surface area contributed by atoms with Crippen LogP contribution in [0.5, 0.6) is 11.5 Å². The lowest BCUT2D eigenvalue weighted by molar-refractivity contribution is -0.123. The Morgan fingerprint density at radius 2 is 2.04 bits per heavy atom. The van der Waals surface area contributed by atoms with Crippen molar-refractivity contribution >= 4 is 29.4 Å². The molecule has 2 amide bonds. The number of ether oxygens (including phenoxy) is 2. The Morgan fingerprint density at radius 1 is 1.23 bits per heavy atom. The summed E-state index contributed by atoms with van der Waals surface area (Å²) >= 11 is 1.51. The molecule has 3 rings (SSSR count). The molecule has 136 valence electrons. The lowest BCUT2D eigenvalue weighted by atomic mass is 10.0. The van der Waals surface area contributed by atoms with Gasteiger partial charge in [0, 0.05) is 10.4 Å². The van der Waals surface area contributed by atoms with E-state index in [-0.39, 0.29) is 24.5 Å². The van der Waals surface area contributed by atoms with Gasteiger partial charge in [0.25, 0.3) is 11.8 Å². The summed E-state index contributed by atoms with van der Waals surface area (Å²) in [5.41, 5.74) is 2.88. The predicted molar refractivity (Wildman–Crippen MR) is 98.7 cm³/mol. The molecule has 8 heteroatoms. The van der Waals surface area contributed by atoms with Crippen LogP contribution in [0.25, 0.3) is 0 Å². The molecule has 1 aliphatic heterocycles.